The molecule has 2 atom stereocenters. The number of rotatable bonds is 5. The summed E-state index contributed by atoms with van der Waals surface area (Å²) in [6.45, 7) is 17.9. The first-order valence-corrected chi connectivity index (χ1v) is 11.2. The van der Waals surface area contributed by atoms with Gasteiger partial charge in [-0.25, -0.2) is 4.98 Å². The molecule has 2 fully saturated rings. The summed E-state index contributed by atoms with van der Waals surface area (Å²) in [6.07, 6.45) is 5.72. The highest BCUT2D eigenvalue weighted by molar-refractivity contribution is 5.63. The van der Waals surface area contributed by atoms with Crippen molar-refractivity contribution in [3.05, 3.63) is 36.2 Å². The van der Waals surface area contributed by atoms with Gasteiger partial charge in [-0.15, -0.1) is 5.73 Å². The summed E-state index contributed by atoms with van der Waals surface area (Å²) < 4.78 is 6.53. The van der Waals surface area contributed by atoms with Crippen LogP contribution in [0.5, 0.6) is 0 Å². The number of allylic oxidation sites excluding steroid dienone is 1. The molecule has 0 spiro atoms. The SMILES string of the molecule is C=C=C(C)c1ccc(N2CCC(OC3NCCN(C(C)C)CCC3C)CC2)nc1. The van der Waals surface area contributed by atoms with E-state index in [-0.39, 0.29) is 6.23 Å². The first kappa shape index (κ1) is 22.0. The highest BCUT2D eigenvalue weighted by Gasteiger charge is 2.28. The molecule has 0 saturated carbocycles. The normalized spacial score (nSPS) is 24.8. The van der Waals surface area contributed by atoms with Crippen LogP contribution in [-0.2, 0) is 4.74 Å². The van der Waals surface area contributed by atoms with E-state index in [1.807, 2.05) is 13.1 Å². The molecule has 5 heteroatoms. The molecule has 0 radical (unpaired) electrons. The van der Waals surface area contributed by atoms with E-state index in [1.54, 1.807) is 0 Å². The van der Waals surface area contributed by atoms with Crippen molar-refractivity contribution >= 4 is 11.4 Å². The second-order valence-corrected chi connectivity index (χ2v) is 8.80. The number of nitrogens with zero attached hydrogens (tertiary/aromatic N) is 3. The van der Waals surface area contributed by atoms with Gasteiger partial charge in [-0.3, -0.25) is 10.2 Å². The molecule has 3 heterocycles. The summed E-state index contributed by atoms with van der Waals surface area (Å²) >= 11 is 0. The lowest BCUT2D eigenvalue weighted by Gasteiger charge is -2.38. The van der Waals surface area contributed by atoms with Gasteiger partial charge < -0.3 is 9.64 Å². The molecule has 0 aliphatic carbocycles. The van der Waals surface area contributed by atoms with Crippen molar-refractivity contribution in [2.24, 2.45) is 5.92 Å². The van der Waals surface area contributed by atoms with Gasteiger partial charge in [0, 0.05) is 44.0 Å². The molecule has 2 aliphatic rings. The number of pyridine rings is 1. The molecular formula is C24H38N4O. The van der Waals surface area contributed by atoms with Crippen LogP contribution in [0.15, 0.2) is 30.6 Å². The summed E-state index contributed by atoms with van der Waals surface area (Å²) in [5.74, 6) is 1.58. The minimum absolute atomic E-state index is 0.173. The molecule has 2 saturated heterocycles. The Morgan fingerprint density at radius 2 is 1.97 bits per heavy atom. The Bertz CT molecular complexity index is 687. The lowest BCUT2D eigenvalue weighted by atomic mass is 10.0. The summed E-state index contributed by atoms with van der Waals surface area (Å²) in [6, 6.07) is 4.83. The zero-order valence-corrected chi connectivity index (χ0v) is 18.7. The number of piperidine rings is 1. The first-order valence-electron chi connectivity index (χ1n) is 11.2. The summed E-state index contributed by atoms with van der Waals surface area (Å²) in [7, 11) is 0. The van der Waals surface area contributed by atoms with E-state index < -0.39 is 0 Å². The van der Waals surface area contributed by atoms with Crippen molar-refractivity contribution in [2.75, 3.05) is 37.6 Å². The predicted octanol–water partition coefficient (Wildman–Crippen LogP) is 3.92. The van der Waals surface area contributed by atoms with Gasteiger partial charge in [0.25, 0.3) is 0 Å². The Morgan fingerprint density at radius 1 is 1.21 bits per heavy atom. The molecular weight excluding hydrogens is 360 g/mol. The molecule has 160 valence electrons. The number of aromatic nitrogens is 1. The van der Waals surface area contributed by atoms with Crippen LogP contribution in [0.3, 0.4) is 0 Å². The van der Waals surface area contributed by atoms with Crippen LogP contribution in [0.4, 0.5) is 5.82 Å². The minimum atomic E-state index is 0.173. The third-order valence-electron chi connectivity index (χ3n) is 6.41. The van der Waals surface area contributed by atoms with Crippen molar-refractivity contribution in [1.29, 1.82) is 0 Å². The van der Waals surface area contributed by atoms with Crippen LogP contribution in [0.2, 0.25) is 0 Å². The average molecular weight is 399 g/mol. The summed E-state index contributed by atoms with van der Waals surface area (Å²) in [5, 5.41) is 3.67. The second kappa shape index (κ2) is 10.4. The fourth-order valence-corrected chi connectivity index (χ4v) is 4.21. The Labute approximate surface area is 176 Å². The molecule has 2 unspecified atom stereocenters. The molecule has 3 rings (SSSR count). The second-order valence-electron chi connectivity index (χ2n) is 8.80. The summed E-state index contributed by atoms with van der Waals surface area (Å²) in [4.78, 5) is 9.57. The van der Waals surface area contributed by atoms with Gasteiger partial charge in [0.1, 0.15) is 12.0 Å². The Balaban J connectivity index is 1.48. The van der Waals surface area contributed by atoms with Crippen molar-refractivity contribution in [2.45, 2.75) is 65.3 Å². The molecule has 0 amide bonds. The topological polar surface area (TPSA) is 40.6 Å². The maximum atomic E-state index is 6.53. The average Bonchev–Trinajstić information content (AvgIpc) is 2.73. The maximum absolute atomic E-state index is 6.53. The molecule has 1 N–H and O–H groups in total. The summed E-state index contributed by atoms with van der Waals surface area (Å²) in [5.41, 5.74) is 5.05. The number of ether oxygens (including phenoxy) is 1. The molecule has 2 aliphatic heterocycles. The molecule has 1 aromatic rings. The Kier molecular flexibility index (Phi) is 7.91. The fraction of sp³-hybridized carbons (Fsp3) is 0.667. The quantitative estimate of drug-likeness (QED) is 0.761. The van der Waals surface area contributed by atoms with Crippen molar-refractivity contribution in [3.8, 4) is 0 Å². The molecule has 0 bridgehead atoms. The van der Waals surface area contributed by atoms with Crippen LogP contribution < -0.4 is 10.2 Å². The zero-order valence-electron chi connectivity index (χ0n) is 18.7. The van der Waals surface area contributed by atoms with E-state index in [4.69, 9.17) is 4.74 Å². The maximum Gasteiger partial charge on any atom is 0.128 e. The van der Waals surface area contributed by atoms with E-state index in [9.17, 15) is 0 Å². The van der Waals surface area contributed by atoms with E-state index in [1.165, 1.54) is 13.0 Å². The van der Waals surface area contributed by atoms with Gasteiger partial charge in [0.05, 0.1) is 6.10 Å². The highest BCUT2D eigenvalue weighted by Crippen LogP contribution is 2.24. The third kappa shape index (κ3) is 5.93. The molecule has 29 heavy (non-hydrogen) atoms. The van der Waals surface area contributed by atoms with Crippen LogP contribution in [0.1, 0.15) is 52.5 Å². The first-order chi connectivity index (χ1) is 14.0. The number of hydrogen-bond acceptors (Lipinski definition) is 5. The lowest BCUT2D eigenvalue weighted by Crippen LogP contribution is -2.50. The third-order valence-corrected chi connectivity index (χ3v) is 6.41. The van der Waals surface area contributed by atoms with Crippen LogP contribution in [0.25, 0.3) is 5.57 Å². The van der Waals surface area contributed by atoms with Gasteiger partial charge in [-0.2, -0.15) is 0 Å². The Morgan fingerprint density at radius 3 is 2.59 bits per heavy atom. The largest absolute Gasteiger partial charge is 0.360 e. The van der Waals surface area contributed by atoms with Crippen LogP contribution in [0, 0.1) is 5.92 Å². The smallest absolute Gasteiger partial charge is 0.128 e. The van der Waals surface area contributed by atoms with Gasteiger partial charge in [-0.05, 0) is 70.2 Å². The van der Waals surface area contributed by atoms with E-state index in [0.717, 1.165) is 56.0 Å². The van der Waals surface area contributed by atoms with E-state index in [0.29, 0.717) is 18.1 Å². The van der Waals surface area contributed by atoms with Crippen molar-refractivity contribution in [3.63, 3.8) is 0 Å². The highest BCUT2D eigenvalue weighted by atomic mass is 16.5. The van der Waals surface area contributed by atoms with Crippen molar-refractivity contribution in [1.82, 2.24) is 15.2 Å². The molecule has 5 nitrogen and oxygen atoms in total. The number of nitrogens with one attached hydrogen (secondary N) is 1. The van der Waals surface area contributed by atoms with Gasteiger partial charge in [-0.1, -0.05) is 13.5 Å². The van der Waals surface area contributed by atoms with Crippen LogP contribution >= 0.6 is 0 Å². The standard InChI is InChI=1S/C24H38N4O/c1-6-19(4)21-7-8-23(26-17-21)28-14-10-22(11-15-28)29-24-20(5)9-13-27(18(2)3)16-12-25-24/h7-8,17-18,20,22,24-25H,1,9-16H2,2-5H3. The monoisotopic (exact) mass is 398 g/mol. The van der Waals surface area contributed by atoms with Gasteiger partial charge >= 0.3 is 0 Å². The lowest BCUT2D eigenvalue weighted by molar-refractivity contribution is -0.0739. The predicted molar refractivity (Wildman–Crippen MR) is 121 cm³/mol. The molecule has 1 aromatic heterocycles. The molecule has 0 aromatic carbocycles. The van der Waals surface area contributed by atoms with E-state index in [2.05, 4.69) is 65.3 Å². The Hall–Kier alpha value is -1.65. The fourth-order valence-electron chi connectivity index (χ4n) is 4.21. The zero-order chi connectivity index (χ0) is 20.8. The van der Waals surface area contributed by atoms with E-state index >= 15 is 0 Å². The number of hydrogen-bond donors (Lipinski definition) is 1. The van der Waals surface area contributed by atoms with Gasteiger partial charge in [0.15, 0.2) is 0 Å². The minimum Gasteiger partial charge on any atom is -0.360 e. The number of anilines is 1. The van der Waals surface area contributed by atoms with Gasteiger partial charge in [0.2, 0.25) is 0 Å². The van der Waals surface area contributed by atoms with Crippen molar-refractivity contribution < 1.29 is 4.74 Å². The van der Waals surface area contributed by atoms with Crippen LogP contribution in [-0.4, -0.2) is 61.0 Å².